The van der Waals surface area contributed by atoms with Crippen molar-refractivity contribution >= 4 is 39.5 Å². The van der Waals surface area contributed by atoms with E-state index in [0.717, 1.165) is 108 Å². The fourth-order valence-corrected chi connectivity index (χ4v) is 14.0. The lowest BCUT2D eigenvalue weighted by Gasteiger charge is -2.21. The van der Waals surface area contributed by atoms with E-state index in [1.165, 1.54) is 225 Å². The maximum atomic E-state index is 13.1. The summed E-state index contributed by atoms with van der Waals surface area (Å²) in [6, 6.07) is 0. The second-order valence-corrected chi connectivity index (χ2v) is 33.3. The second kappa shape index (κ2) is 71.3. The third-order valence-electron chi connectivity index (χ3n) is 19.2. The summed E-state index contributed by atoms with van der Waals surface area (Å²) in [6.07, 6.45) is 60.0. The van der Waals surface area contributed by atoms with Gasteiger partial charge in [-0.3, -0.25) is 37.3 Å². The van der Waals surface area contributed by atoms with Gasteiger partial charge in [-0.15, -0.1) is 0 Å². The quantitative estimate of drug-likeness (QED) is 0.0222. The Morgan fingerprint density at radius 3 is 0.760 bits per heavy atom. The molecule has 0 aliphatic carbocycles. The third-order valence-corrected chi connectivity index (χ3v) is 21.1. The number of phosphoric ester groups is 2. The highest BCUT2D eigenvalue weighted by atomic mass is 31.2. The van der Waals surface area contributed by atoms with Gasteiger partial charge < -0.3 is 33.8 Å². The van der Waals surface area contributed by atoms with E-state index in [-0.39, 0.29) is 25.7 Å². The first-order valence-corrected chi connectivity index (χ1v) is 44.9. The van der Waals surface area contributed by atoms with Crippen LogP contribution >= 0.6 is 15.6 Å². The predicted molar refractivity (Wildman–Crippen MR) is 409 cm³/mol. The van der Waals surface area contributed by atoms with Gasteiger partial charge in [0.15, 0.2) is 12.2 Å². The summed E-state index contributed by atoms with van der Waals surface area (Å²) in [5, 5.41) is 10.6. The standard InChI is InChI=1S/C81H158O17P2/c1-8-10-11-12-13-14-15-16-17-18-19-20-21-22-25-29-32-35-41-50-57-64-80(85)97-76(68-91-78(83)62-55-48-40-34-31-28-26-23-24-27-30-33-38-45-52-59-72(3)4)70-95-99(87,88)93-66-75(82)67-94-100(89,90)96-71-77(69-92-79(84)63-56-49-44-43-46-53-60-73(5)6)98-81(86)65-58-51-42-37-36-39-47-54-61-74(7)9-2/h72-77,82H,8-71H2,1-7H3,(H,87,88)(H,89,90)/t74?,75-,76-,77-/m1/s1. The van der Waals surface area contributed by atoms with Gasteiger partial charge in [0, 0.05) is 25.7 Å². The average Bonchev–Trinajstić information content (AvgIpc) is 1.28. The lowest BCUT2D eigenvalue weighted by molar-refractivity contribution is -0.161. The summed E-state index contributed by atoms with van der Waals surface area (Å²) in [5.74, 6) is 0.139. The Hall–Kier alpha value is -1.94. The lowest BCUT2D eigenvalue weighted by atomic mass is 9.99. The average molecular weight is 1470 g/mol. The zero-order valence-electron chi connectivity index (χ0n) is 65.7. The van der Waals surface area contributed by atoms with Gasteiger partial charge in [-0.05, 0) is 43.4 Å². The molecule has 0 aromatic rings. The first-order chi connectivity index (χ1) is 48.3. The van der Waals surface area contributed by atoms with Crippen LogP contribution in [-0.2, 0) is 65.4 Å². The smallest absolute Gasteiger partial charge is 0.462 e. The Balaban J connectivity index is 5.21. The van der Waals surface area contributed by atoms with Crippen LogP contribution in [0.15, 0.2) is 0 Å². The van der Waals surface area contributed by atoms with E-state index in [4.69, 9.17) is 37.0 Å². The van der Waals surface area contributed by atoms with Crippen LogP contribution in [0, 0.1) is 17.8 Å². The first-order valence-electron chi connectivity index (χ1n) is 41.9. The largest absolute Gasteiger partial charge is 0.472 e. The van der Waals surface area contributed by atoms with Crippen molar-refractivity contribution in [1.82, 2.24) is 0 Å². The number of ether oxygens (including phenoxy) is 4. The van der Waals surface area contributed by atoms with Crippen LogP contribution in [0.2, 0.25) is 0 Å². The summed E-state index contributed by atoms with van der Waals surface area (Å²) in [4.78, 5) is 72.9. The Labute approximate surface area is 613 Å². The van der Waals surface area contributed by atoms with Gasteiger partial charge in [-0.2, -0.15) is 0 Å². The van der Waals surface area contributed by atoms with Crippen molar-refractivity contribution in [3.8, 4) is 0 Å². The molecule has 17 nitrogen and oxygen atoms in total. The van der Waals surface area contributed by atoms with Crippen molar-refractivity contribution in [3.63, 3.8) is 0 Å². The maximum Gasteiger partial charge on any atom is 0.472 e. The zero-order chi connectivity index (χ0) is 73.7. The number of hydrogen-bond acceptors (Lipinski definition) is 15. The molecule has 3 unspecified atom stereocenters. The summed E-state index contributed by atoms with van der Waals surface area (Å²) >= 11 is 0. The number of rotatable bonds is 79. The van der Waals surface area contributed by atoms with Crippen molar-refractivity contribution in [2.24, 2.45) is 17.8 Å². The minimum Gasteiger partial charge on any atom is -0.462 e. The molecule has 0 saturated heterocycles. The van der Waals surface area contributed by atoms with Gasteiger partial charge >= 0.3 is 39.5 Å². The number of carbonyl (C=O) groups excluding carboxylic acids is 4. The number of phosphoric acid groups is 2. The van der Waals surface area contributed by atoms with Gasteiger partial charge in [-0.1, -0.05) is 370 Å². The van der Waals surface area contributed by atoms with Crippen molar-refractivity contribution in [2.75, 3.05) is 39.6 Å². The Morgan fingerprint density at radius 1 is 0.290 bits per heavy atom. The van der Waals surface area contributed by atoms with Crippen LogP contribution in [0.25, 0.3) is 0 Å². The molecule has 0 rings (SSSR count). The highest BCUT2D eigenvalue weighted by Gasteiger charge is 2.30. The summed E-state index contributed by atoms with van der Waals surface area (Å²) < 4.78 is 68.6. The molecule has 0 heterocycles. The second-order valence-electron chi connectivity index (χ2n) is 30.4. The number of hydrogen-bond donors (Lipinski definition) is 3. The number of carbonyl (C=O) groups is 4. The minimum atomic E-state index is -4.96. The van der Waals surface area contributed by atoms with Crippen LogP contribution in [0.3, 0.4) is 0 Å². The van der Waals surface area contributed by atoms with E-state index in [1.807, 2.05) is 0 Å². The van der Waals surface area contributed by atoms with Gasteiger partial charge in [0.2, 0.25) is 0 Å². The van der Waals surface area contributed by atoms with E-state index in [2.05, 4.69) is 48.5 Å². The topological polar surface area (TPSA) is 237 Å². The number of unbranched alkanes of at least 4 members (excludes halogenated alkanes) is 46. The molecule has 0 bridgehead atoms. The minimum absolute atomic E-state index is 0.104. The van der Waals surface area contributed by atoms with Crippen molar-refractivity contribution in [2.45, 2.75) is 439 Å². The molecule has 0 aromatic heterocycles. The molecule has 594 valence electrons. The van der Waals surface area contributed by atoms with E-state index in [1.54, 1.807) is 0 Å². The van der Waals surface area contributed by atoms with Crippen LogP contribution < -0.4 is 0 Å². The van der Waals surface area contributed by atoms with E-state index >= 15 is 0 Å². The molecular weight excluding hydrogens is 1310 g/mol. The summed E-state index contributed by atoms with van der Waals surface area (Å²) in [6.45, 7) is 11.9. The molecule has 0 aliphatic heterocycles. The Morgan fingerprint density at radius 2 is 0.510 bits per heavy atom. The first kappa shape index (κ1) is 98.1. The van der Waals surface area contributed by atoms with Crippen molar-refractivity contribution < 1.29 is 80.2 Å². The van der Waals surface area contributed by atoms with Crippen molar-refractivity contribution in [3.05, 3.63) is 0 Å². The van der Waals surface area contributed by atoms with Gasteiger partial charge in [-0.25, -0.2) is 9.13 Å². The third kappa shape index (κ3) is 73.0. The molecule has 0 aromatic carbocycles. The van der Waals surface area contributed by atoms with E-state index < -0.39 is 97.5 Å². The van der Waals surface area contributed by atoms with Gasteiger partial charge in [0.1, 0.15) is 19.3 Å². The Bertz CT molecular complexity index is 1940. The fraction of sp³-hybridized carbons (Fsp3) is 0.951. The van der Waals surface area contributed by atoms with Crippen LogP contribution in [-0.4, -0.2) is 96.7 Å². The SMILES string of the molecule is CCCCCCCCCCCCCCCCCCCCCCCC(=O)O[C@H](COC(=O)CCCCCCCCCCCCCCCCCC(C)C)COP(=O)(O)OC[C@@H](O)COP(=O)(O)OC[C@@H](COC(=O)CCCCCCCCC(C)C)OC(=O)CCCCCCCCCCC(C)CC. The number of esters is 4. The molecule has 0 spiro atoms. The van der Waals surface area contributed by atoms with Crippen molar-refractivity contribution in [1.29, 1.82) is 0 Å². The fourth-order valence-electron chi connectivity index (χ4n) is 12.5. The number of aliphatic hydroxyl groups excluding tert-OH is 1. The molecule has 6 atom stereocenters. The Kier molecular flexibility index (Phi) is 69.9. The summed E-state index contributed by atoms with van der Waals surface area (Å²) in [7, 11) is -9.92. The molecule has 0 amide bonds. The summed E-state index contributed by atoms with van der Waals surface area (Å²) in [5.41, 5.74) is 0. The molecule has 0 fully saturated rings. The molecule has 19 heteroatoms. The molecule has 100 heavy (non-hydrogen) atoms. The molecule has 0 aliphatic rings. The number of aliphatic hydroxyl groups is 1. The highest BCUT2D eigenvalue weighted by Crippen LogP contribution is 2.45. The molecule has 3 N–H and O–H groups in total. The van der Waals surface area contributed by atoms with E-state index in [9.17, 15) is 43.2 Å². The maximum absolute atomic E-state index is 13.1. The highest BCUT2D eigenvalue weighted by molar-refractivity contribution is 7.47. The zero-order valence-corrected chi connectivity index (χ0v) is 67.5. The van der Waals surface area contributed by atoms with Gasteiger partial charge in [0.25, 0.3) is 0 Å². The van der Waals surface area contributed by atoms with Crippen LogP contribution in [0.5, 0.6) is 0 Å². The molecule has 0 saturated carbocycles. The predicted octanol–water partition coefficient (Wildman–Crippen LogP) is 24.1. The normalized spacial score (nSPS) is 14.2. The molecule has 0 radical (unpaired) electrons. The monoisotopic (exact) mass is 1470 g/mol. The van der Waals surface area contributed by atoms with E-state index in [0.29, 0.717) is 31.6 Å². The van der Waals surface area contributed by atoms with Gasteiger partial charge in [0.05, 0.1) is 26.4 Å². The lowest BCUT2D eigenvalue weighted by Crippen LogP contribution is -2.30. The van der Waals surface area contributed by atoms with Crippen LogP contribution in [0.4, 0.5) is 0 Å². The molecular formula is C81H158O17P2. The van der Waals surface area contributed by atoms with Crippen LogP contribution in [0.1, 0.15) is 421 Å².